The summed E-state index contributed by atoms with van der Waals surface area (Å²) < 4.78 is 0. The summed E-state index contributed by atoms with van der Waals surface area (Å²) in [5.41, 5.74) is 0. The summed E-state index contributed by atoms with van der Waals surface area (Å²) in [6.45, 7) is 5.74. The normalized spacial score (nSPS) is 12.2. The van der Waals surface area contributed by atoms with E-state index in [-0.39, 0.29) is 18.5 Å². The van der Waals surface area contributed by atoms with Gasteiger partial charge in [0, 0.05) is 12.5 Å². The van der Waals surface area contributed by atoms with Gasteiger partial charge in [0.1, 0.15) is 6.54 Å². The van der Waals surface area contributed by atoms with Gasteiger partial charge in [-0.3, -0.25) is 9.59 Å². The van der Waals surface area contributed by atoms with Gasteiger partial charge in [0.25, 0.3) is 0 Å². The third-order valence-electron chi connectivity index (χ3n) is 2.74. The van der Waals surface area contributed by atoms with Crippen LogP contribution in [0.5, 0.6) is 0 Å². The number of aliphatic carboxylic acids is 1. The largest absolute Gasteiger partial charge is 0.480 e. The Bertz CT molecular complexity index is 228. The van der Waals surface area contributed by atoms with Crippen molar-refractivity contribution in [3.8, 4) is 0 Å². The quantitative estimate of drug-likeness (QED) is 0.650. The molecule has 1 atom stereocenters. The Morgan fingerprint density at radius 2 is 1.88 bits per heavy atom. The standard InChI is InChI=1S/C12H23NO3/c1-4-6-7-8-11(14)13(9-12(15)16)10(3)5-2/h10H,4-9H2,1-3H3,(H,15,16). The van der Waals surface area contributed by atoms with Gasteiger partial charge in [0.2, 0.25) is 5.91 Å². The summed E-state index contributed by atoms with van der Waals surface area (Å²) >= 11 is 0. The number of rotatable bonds is 8. The second-order valence-corrected chi connectivity index (χ2v) is 4.13. The zero-order valence-electron chi connectivity index (χ0n) is 10.5. The van der Waals surface area contributed by atoms with Crippen molar-refractivity contribution in [2.75, 3.05) is 6.54 Å². The molecule has 0 bridgehead atoms. The van der Waals surface area contributed by atoms with Crippen molar-refractivity contribution < 1.29 is 14.7 Å². The van der Waals surface area contributed by atoms with E-state index < -0.39 is 5.97 Å². The minimum Gasteiger partial charge on any atom is -0.480 e. The molecule has 0 heterocycles. The van der Waals surface area contributed by atoms with Crippen LogP contribution in [0.4, 0.5) is 0 Å². The lowest BCUT2D eigenvalue weighted by atomic mass is 10.1. The summed E-state index contributed by atoms with van der Waals surface area (Å²) in [6.07, 6.45) is 4.18. The van der Waals surface area contributed by atoms with Crippen LogP contribution in [0.15, 0.2) is 0 Å². The lowest BCUT2D eigenvalue weighted by Gasteiger charge is -2.27. The predicted molar refractivity (Wildman–Crippen MR) is 63.2 cm³/mol. The van der Waals surface area contributed by atoms with Crippen LogP contribution >= 0.6 is 0 Å². The molecular weight excluding hydrogens is 206 g/mol. The van der Waals surface area contributed by atoms with Gasteiger partial charge in [-0.1, -0.05) is 26.7 Å². The van der Waals surface area contributed by atoms with Gasteiger partial charge in [-0.15, -0.1) is 0 Å². The highest BCUT2D eigenvalue weighted by molar-refractivity contribution is 5.81. The van der Waals surface area contributed by atoms with Crippen LogP contribution in [-0.2, 0) is 9.59 Å². The number of carbonyl (C=O) groups excluding carboxylic acids is 1. The molecule has 0 saturated heterocycles. The average molecular weight is 229 g/mol. The first-order valence-electron chi connectivity index (χ1n) is 6.04. The Morgan fingerprint density at radius 1 is 1.25 bits per heavy atom. The highest BCUT2D eigenvalue weighted by atomic mass is 16.4. The van der Waals surface area contributed by atoms with E-state index in [1.54, 1.807) is 0 Å². The third-order valence-corrected chi connectivity index (χ3v) is 2.74. The van der Waals surface area contributed by atoms with Crippen molar-refractivity contribution in [3.05, 3.63) is 0 Å². The lowest BCUT2D eigenvalue weighted by molar-refractivity contribution is -0.146. The Kier molecular flexibility index (Phi) is 7.60. The SMILES string of the molecule is CCCCCC(=O)N(CC(=O)O)C(C)CC. The van der Waals surface area contributed by atoms with Gasteiger partial charge in [-0.2, -0.15) is 0 Å². The minimum absolute atomic E-state index is 0.00484. The van der Waals surface area contributed by atoms with Crippen molar-refractivity contribution in [2.24, 2.45) is 0 Å². The molecule has 16 heavy (non-hydrogen) atoms. The van der Waals surface area contributed by atoms with Gasteiger partial charge in [-0.25, -0.2) is 0 Å². The van der Waals surface area contributed by atoms with Crippen molar-refractivity contribution in [1.29, 1.82) is 0 Å². The van der Waals surface area contributed by atoms with Crippen LogP contribution in [0, 0.1) is 0 Å². The summed E-state index contributed by atoms with van der Waals surface area (Å²) in [6, 6.07) is 0.00484. The molecule has 0 spiro atoms. The number of carboxylic acid groups (broad SMARTS) is 1. The first-order chi connectivity index (χ1) is 7.52. The molecule has 0 aromatic carbocycles. The fourth-order valence-electron chi connectivity index (χ4n) is 1.53. The summed E-state index contributed by atoms with van der Waals surface area (Å²) in [7, 11) is 0. The number of amides is 1. The molecule has 0 aliphatic carbocycles. The Balaban J connectivity index is 4.26. The summed E-state index contributed by atoms with van der Waals surface area (Å²) in [5, 5.41) is 8.75. The van der Waals surface area contributed by atoms with Crippen molar-refractivity contribution in [3.63, 3.8) is 0 Å². The highest BCUT2D eigenvalue weighted by Crippen LogP contribution is 2.09. The highest BCUT2D eigenvalue weighted by Gasteiger charge is 2.20. The van der Waals surface area contributed by atoms with E-state index >= 15 is 0 Å². The number of nitrogens with zero attached hydrogens (tertiary/aromatic N) is 1. The van der Waals surface area contributed by atoms with Crippen LogP contribution in [-0.4, -0.2) is 34.5 Å². The molecular formula is C12H23NO3. The lowest BCUT2D eigenvalue weighted by Crippen LogP contribution is -2.41. The van der Waals surface area contributed by atoms with Crippen LogP contribution in [0.1, 0.15) is 52.9 Å². The van der Waals surface area contributed by atoms with Gasteiger partial charge >= 0.3 is 5.97 Å². The van der Waals surface area contributed by atoms with E-state index in [0.717, 1.165) is 25.7 Å². The van der Waals surface area contributed by atoms with E-state index in [1.807, 2.05) is 13.8 Å². The van der Waals surface area contributed by atoms with Crippen LogP contribution in [0.25, 0.3) is 0 Å². The monoisotopic (exact) mass is 229 g/mol. The molecule has 0 aromatic heterocycles. The second-order valence-electron chi connectivity index (χ2n) is 4.13. The number of hydrogen-bond donors (Lipinski definition) is 1. The molecule has 4 heteroatoms. The molecule has 0 fully saturated rings. The molecule has 0 radical (unpaired) electrons. The van der Waals surface area contributed by atoms with Crippen molar-refractivity contribution >= 4 is 11.9 Å². The molecule has 0 rings (SSSR count). The molecule has 0 saturated carbocycles. The molecule has 94 valence electrons. The Labute approximate surface area is 97.6 Å². The fraction of sp³-hybridized carbons (Fsp3) is 0.833. The van der Waals surface area contributed by atoms with Gasteiger partial charge in [0.15, 0.2) is 0 Å². The van der Waals surface area contributed by atoms with E-state index in [9.17, 15) is 9.59 Å². The Morgan fingerprint density at radius 3 is 2.31 bits per heavy atom. The van der Waals surface area contributed by atoms with E-state index in [4.69, 9.17) is 5.11 Å². The first-order valence-corrected chi connectivity index (χ1v) is 6.04. The van der Waals surface area contributed by atoms with Crippen molar-refractivity contribution in [1.82, 2.24) is 4.90 Å². The average Bonchev–Trinajstić information content (AvgIpc) is 2.24. The van der Waals surface area contributed by atoms with E-state index in [2.05, 4.69) is 6.92 Å². The zero-order chi connectivity index (χ0) is 12.6. The van der Waals surface area contributed by atoms with Crippen LogP contribution in [0.2, 0.25) is 0 Å². The number of carbonyl (C=O) groups is 2. The molecule has 4 nitrogen and oxygen atoms in total. The number of carboxylic acids is 1. The Hall–Kier alpha value is -1.06. The summed E-state index contributed by atoms with van der Waals surface area (Å²) in [4.78, 5) is 24.0. The molecule has 0 aliphatic rings. The maximum atomic E-state index is 11.8. The summed E-state index contributed by atoms with van der Waals surface area (Å²) in [5.74, 6) is -0.977. The van der Waals surface area contributed by atoms with Gasteiger partial charge in [0.05, 0.1) is 0 Å². The molecule has 0 aliphatic heterocycles. The second kappa shape index (κ2) is 8.13. The first kappa shape index (κ1) is 14.9. The minimum atomic E-state index is -0.941. The third kappa shape index (κ3) is 5.73. The van der Waals surface area contributed by atoms with Gasteiger partial charge < -0.3 is 10.0 Å². The van der Waals surface area contributed by atoms with Gasteiger partial charge in [-0.05, 0) is 19.8 Å². The van der Waals surface area contributed by atoms with E-state index in [1.165, 1.54) is 4.90 Å². The number of unbranched alkanes of at least 4 members (excludes halogenated alkanes) is 2. The fourth-order valence-corrected chi connectivity index (χ4v) is 1.53. The predicted octanol–water partition coefficient (Wildman–Crippen LogP) is 2.28. The molecule has 1 amide bonds. The van der Waals surface area contributed by atoms with Crippen LogP contribution in [0.3, 0.4) is 0 Å². The van der Waals surface area contributed by atoms with Crippen molar-refractivity contribution in [2.45, 2.75) is 58.9 Å². The van der Waals surface area contributed by atoms with E-state index in [0.29, 0.717) is 6.42 Å². The molecule has 1 N–H and O–H groups in total. The molecule has 1 unspecified atom stereocenters. The topological polar surface area (TPSA) is 57.6 Å². The molecule has 0 aromatic rings. The smallest absolute Gasteiger partial charge is 0.323 e. The van der Waals surface area contributed by atoms with Crippen LogP contribution < -0.4 is 0 Å². The maximum absolute atomic E-state index is 11.8. The maximum Gasteiger partial charge on any atom is 0.323 e. The zero-order valence-corrected chi connectivity index (χ0v) is 10.5. The number of hydrogen-bond acceptors (Lipinski definition) is 2.